The van der Waals surface area contributed by atoms with Crippen molar-refractivity contribution in [2.45, 2.75) is 0 Å². The van der Waals surface area contributed by atoms with Gasteiger partial charge in [0.05, 0.1) is 0 Å². The van der Waals surface area contributed by atoms with Gasteiger partial charge >= 0.3 is 0 Å². The Bertz CT molecular complexity index is 4.14. The maximum atomic E-state index is 0. The van der Waals surface area contributed by atoms with Crippen LogP contribution < -0.4 is 28.2 Å². The van der Waals surface area contributed by atoms with Gasteiger partial charge in [0.15, 0.2) is 0 Å². The van der Waals surface area contributed by atoms with Crippen molar-refractivity contribution in [1.29, 1.82) is 0 Å². The second-order valence-corrected chi connectivity index (χ2v) is 0. The maximum absolute atomic E-state index is 0. The summed E-state index contributed by atoms with van der Waals surface area (Å²) in [4.78, 5) is 0. The first-order chi connectivity index (χ1) is 0. The standard InChI is InChI=1S/6FH.Hf/h6*1H;/p-6. The van der Waals surface area contributed by atoms with Gasteiger partial charge in [0, 0.05) is 25.8 Å². The van der Waals surface area contributed by atoms with Crippen molar-refractivity contribution in [2.24, 2.45) is 0 Å². The van der Waals surface area contributed by atoms with Gasteiger partial charge < -0.3 is 28.2 Å². The van der Waals surface area contributed by atoms with E-state index in [-0.39, 0.29) is 54.1 Å². The fourth-order valence-electron chi connectivity index (χ4n) is 0. The molecule has 0 aromatic carbocycles. The largest absolute Gasteiger partial charge is 1.00 e. The van der Waals surface area contributed by atoms with E-state index in [1.54, 1.807) is 0 Å². The number of rotatable bonds is 0. The Morgan fingerprint density at radius 1 is 0.286 bits per heavy atom. The summed E-state index contributed by atoms with van der Waals surface area (Å²) in [6.07, 6.45) is 0. The van der Waals surface area contributed by atoms with Crippen LogP contribution in [0.4, 0.5) is 0 Å². The average Bonchev–Trinajstić information content (AvgIpc) is 0. The van der Waals surface area contributed by atoms with Crippen molar-refractivity contribution in [3.63, 3.8) is 0 Å². The van der Waals surface area contributed by atoms with E-state index in [9.17, 15) is 0 Å². The first kappa shape index (κ1) is 1530. The molecule has 0 aromatic rings. The van der Waals surface area contributed by atoms with E-state index < -0.39 is 0 Å². The van der Waals surface area contributed by atoms with Crippen molar-refractivity contribution < 1.29 is 54.1 Å². The van der Waals surface area contributed by atoms with Gasteiger partial charge in [-0.15, -0.1) is 0 Å². The first-order valence-electron chi connectivity index (χ1n) is 0. The van der Waals surface area contributed by atoms with Crippen molar-refractivity contribution in [1.82, 2.24) is 0 Å². The molecule has 0 aromatic heterocycles. The monoisotopic (exact) mass is 294 g/mol. The van der Waals surface area contributed by atoms with Gasteiger partial charge in [-0.3, -0.25) is 0 Å². The van der Waals surface area contributed by atoms with Gasteiger partial charge in [0.2, 0.25) is 0 Å². The van der Waals surface area contributed by atoms with Crippen LogP contribution in [0, 0.1) is 0 Å². The normalized spacial score (nSPS) is 0. The zero-order chi connectivity index (χ0) is 0. The summed E-state index contributed by atoms with van der Waals surface area (Å²) < 4.78 is 0. The number of hydrogen-bond acceptors (Lipinski definition) is 0. The second-order valence-electron chi connectivity index (χ2n) is 0. The minimum absolute atomic E-state index is 0. The van der Waals surface area contributed by atoms with Crippen LogP contribution in [-0.4, -0.2) is 0 Å². The molecule has 0 radical (unpaired) electrons. The van der Waals surface area contributed by atoms with Gasteiger partial charge in [0.1, 0.15) is 0 Å². The summed E-state index contributed by atoms with van der Waals surface area (Å²) >= 11 is 0. The molecule has 0 aliphatic rings. The van der Waals surface area contributed by atoms with Gasteiger partial charge in [0.25, 0.3) is 0 Å². The van der Waals surface area contributed by atoms with E-state index in [1.807, 2.05) is 0 Å². The molecule has 0 nitrogen and oxygen atoms in total. The first-order valence-corrected chi connectivity index (χ1v) is 0. The van der Waals surface area contributed by atoms with Gasteiger partial charge in [-0.05, 0) is 0 Å². The Hall–Kier alpha value is 0.450. The van der Waals surface area contributed by atoms with Crippen LogP contribution >= 0.6 is 0 Å². The van der Waals surface area contributed by atoms with E-state index in [2.05, 4.69) is 0 Å². The molecule has 0 saturated heterocycles. The molecule has 0 amide bonds. The molecule has 0 atom stereocenters. The van der Waals surface area contributed by atoms with Crippen molar-refractivity contribution in [3.05, 3.63) is 0 Å². The van der Waals surface area contributed by atoms with Crippen LogP contribution in [0.2, 0.25) is 0 Å². The molecule has 0 aliphatic heterocycles. The number of halogens is 6. The van der Waals surface area contributed by atoms with Crippen molar-refractivity contribution >= 4 is 0 Å². The van der Waals surface area contributed by atoms with E-state index >= 15 is 0 Å². The van der Waals surface area contributed by atoms with Crippen LogP contribution in [0.15, 0.2) is 0 Å². The predicted molar refractivity (Wildman–Crippen MR) is 0 cm³/mol. The fourth-order valence-corrected chi connectivity index (χ4v) is 0. The Morgan fingerprint density at radius 3 is 0.286 bits per heavy atom. The van der Waals surface area contributed by atoms with Gasteiger partial charge in [-0.25, -0.2) is 0 Å². The van der Waals surface area contributed by atoms with E-state index in [0.717, 1.165) is 0 Å². The van der Waals surface area contributed by atoms with Crippen LogP contribution in [0.1, 0.15) is 0 Å². The minimum atomic E-state index is 0. The van der Waals surface area contributed by atoms with Crippen LogP contribution in [0.25, 0.3) is 0 Å². The third-order valence-corrected chi connectivity index (χ3v) is 0. The zero-order valence-corrected chi connectivity index (χ0v) is 6.36. The maximum Gasteiger partial charge on any atom is 0 e. The SMILES string of the molecule is [F-].[F-].[F-].[F-].[F-].[F-].[Hf]. The molecule has 0 spiro atoms. The third kappa shape index (κ3) is 630. The number of hydrogen-bond donors (Lipinski definition) is 0. The van der Waals surface area contributed by atoms with Gasteiger partial charge in [-0.1, -0.05) is 0 Å². The van der Waals surface area contributed by atoms with Crippen LogP contribution in [0.3, 0.4) is 0 Å². The smallest absolute Gasteiger partial charge is 0 e. The Balaban J connectivity index is 0. The molecule has 0 fully saturated rings. The zero-order valence-electron chi connectivity index (χ0n) is 2.77. The Labute approximate surface area is 54.6 Å². The Kier molecular flexibility index (Phi) is 207000. The summed E-state index contributed by atoms with van der Waals surface area (Å²) in [5.74, 6) is 0. The molecule has 0 saturated carbocycles. The molecule has 0 unspecified atom stereocenters. The molecule has 0 rings (SSSR count). The van der Waals surface area contributed by atoms with E-state index in [0.29, 0.717) is 0 Å². The van der Waals surface area contributed by atoms with E-state index in [4.69, 9.17) is 0 Å². The second kappa shape index (κ2) is 946. The summed E-state index contributed by atoms with van der Waals surface area (Å²) in [5.41, 5.74) is 0. The molecular formula is F6Hf-6. The van der Waals surface area contributed by atoms with E-state index in [1.165, 1.54) is 0 Å². The van der Waals surface area contributed by atoms with Gasteiger partial charge in [-0.2, -0.15) is 0 Å². The quantitative estimate of drug-likeness (QED) is 0.307. The molecule has 7 heavy (non-hydrogen) atoms. The summed E-state index contributed by atoms with van der Waals surface area (Å²) in [6.45, 7) is 0. The summed E-state index contributed by atoms with van der Waals surface area (Å²) in [5, 5.41) is 0. The van der Waals surface area contributed by atoms with Crippen LogP contribution in [0.5, 0.6) is 0 Å². The van der Waals surface area contributed by atoms with Crippen LogP contribution in [-0.2, 0) is 25.8 Å². The van der Waals surface area contributed by atoms with Crippen molar-refractivity contribution in [3.8, 4) is 0 Å². The summed E-state index contributed by atoms with van der Waals surface area (Å²) in [7, 11) is 0. The molecule has 52 valence electrons. The molecule has 0 N–H and O–H groups in total. The molecule has 0 bridgehead atoms. The predicted octanol–water partition coefficient (Wildman–Crippen LogP) is -18.0. The van der Waals surface area contributed by atoms with Crippen molar-refractivity contribution in [2.75, 3.05) is 0 Å². The molecule has 0 aliphatic carbocycles. The molecular weight excluding hydrogens is 292 g/mol. The topological polar surface area (TPSA) is 0 Å². The fraction of sp³-hybridized carbons (Fsp3) is 0. The molecule has 7 heteroatoms. The Morgan fingerprint density at radius 2 is 0.286 bits per heavy atom. The average molecular weight is 292 g/mol. The minimum Gasteiger partial charge on any atom is -1.00 e. The third-order valence-electron chi connectivity index (χ3n) is 0. The molecule has 0 heterocycles. The summed E-state index contributed by atoms with van der Waals surface area (Å²) in [6, 6.07) is 0.